The Bertz CT molecular complexity index is 585. The Morgan fingerprint density at radius 2 is 2.44 bits per heavy atom. The van der Waals surface area contributed by atoms with Gasteiger partial charge in [0.15, 0.2) is 0 Å². The van der Waals surface area contributed by atoms with Crippen LogP contribution in [-0.2, 0) is 11.3 Å². The Balaban J connectivity index is 2.03. The predicted molar refractivity (Wildman–Crippen MR) is 65.7 cm³/mol. The van der Waals surface area contributed by atoms with Crippen molar-refractivity contribution in [3.05, 3.63) is 30.1 Å². The number of aromatic nitrogens is 2. The number of carbonyl (C=O) groups is 1. The van der Waals surface area contributed by atoms with Crippen LogP contribution in [0.15, 0.2) is 24.5 Å². The fourth-order valence-electron chi connectivity index (χ4n) is 2.45. The van der Waals surface area contributed by atoms with Gasteiger partial charge in [0.2, 0.25) is 0 Å². The summed E-state index contributed by atoms with van der Waals surface area (Å²) in [5.74, 6) is -0.922. The number of hydrogen-bond acceptors (Lipinski definition) is 3. The molecule has 1 aromatic heterocycles. The SMILES string of the molecule is O=C(O)c1cccc2ncn(CC3CCCO3)c12. The summed E-state index contributed by atoms with van der Waals surface area (Å²) in [6.45, 7) is 1.46. The van der Waals surface area contributed by atoms with Gasteiger partial charge in [-0.15, -0.1) is 0 Å². The van der Waals surface area contributed by atoms with Gasteiger partial charge in [-0.25, -0.2) is 9.78 Å². The van der Waals surface area contributed by atoms with Crippen molar-refractivity contribution in [3.63, 3.8) is 0 Å². The minimum atomic E-state index is -0.922. The molecule has 94 valence electrons. The summed E-state index contributed by atoms with van der Waals surface area (Å²) >= 11 is 0. The monoisotopic (exact) mass is 246 g/mol. The Morgan fingerprint density at radius 3 is 3.17 bits per heavy atom. The minimum Gasteiger partial charge on any atom is -0.478 e. The highest BCUT2D eigenvalue weighted by Gasteiger charge is 2.19. The lowest BCUT2D eigenvalue weighted by Gasteiger charge is -2.11. The lowest BCUT2D eigenvalue weighted by Crippen LogP contribution is -2.15. The average Bonchev–Trinajstić information content (AvgIpc) is 2.99. The fraction of sp³-hybridized carbons (Fsp3) is 0.385. The van der Waals surface area contributed by atoms with Crippen molar-refractivity contribution in [2.45, 2.75) is 25.5 Å². The number of aromatic carboxylic acids is 1. The van der Waals surface area contributed by atoms with Crippen LogP contribution in [0.3, 0.4) is 0 Å². The van der Waals surface area contributed by atoms with Gasteiger partial charge in [0.25, 0.3) is 0 Å². The molecule has 0 aliphatic carbocycles. The second-order valence-electron chi connectivity index (χ2n) is 4.51. The molecule has 1 saturated heterocycles. The molecule has 1 fully saturated rings. The second kappa shape index (κ2) is 4.42. The fourth-order valence-corrected chi connectivity index (χ4v) is 2.45. The van der Waals surface area contributed by atoms with E-state index in [9.17, 15) is 9.90 Å². The first-order valence-corrected chi connectivity index (χ1v) is 6.04. The first kappa shape index (κ1) is 11.2. The quantitative estimate of drug-likeness (QED) is 0.898. The Hall–Kier alpha value is -1.88. The lowest BCUT2D eigenvalue weighted by atomic mass is 10.1. The number of benzene rings is 1. The van der Waals surface area contributed by atoms with Gasteiger partial charge in [-0.1, -0.05) is 6.07 Å². The van der Waals surface area contributed by atoms with Crippen molar-refractivity contribution in [1.29, 1.82) is 0 Å². The summed E-state index contributed by atoms with van der Waals surface area (Å²) in [6.07, 6.45) is 3.96. The number of hydrogen-bond donors (Lipinski definition) is 1. The molecule has 5 nitrogen and oxygen atoms in total. The van der Waals surface area contributed by atoms with E-state index in [1.165, 1.54) is 0 Å². The van der Waals surface area contributed by atoms with Crippen LogP contribution in [0.25, 0.3) is 11.0 Å². The normalized spacial score (nSPS) is 19.4. The molecule has 1 unspecified atom stereocenters. The van der Waals surface area contributed by atoms with E-state index in [4.69, 9.17) is 4.74 Å². The zero-order valence-corrected chi connectivity index (χ0v) is 9.87. The standard InChI is InChI=1S/C13H14N2O3/c16-13(17)10-4-1-5-11-12(10)15(8-14-11)7-9-3-2-6-18-9/h1,4-5,8-9H,2-3,6-7H2,(H,16,17). The number of imidazole rings is 1. The van der Waals surface area contributed by atoms with Gasteiger partial charge in [0.1, 0.15) is 0 Å². The molecule has 18 heavy (non-hydrogen) atoms. The van der Waals surface area contributed by atoms with Gasteiger partial charge in [-0.2, -0.15) is 0 Å². The van der Waals surface area contributed by atoms with Gasteiger partial charge in [-0.05, 0) is 25.0 Å². The molecule has 1 aliphatic heterocycles. The highest BCUT2D eigenvalue weighted by atomic mass is 16.5. The molecule has 5 heteroatoms. The molecule has 3 rings (SSSR count). The number of ether oxygens (including phenoxy) is 1. The maximum atomic E-state index is 11.2. The smallest absolute Gasteiger partial charge is 0.337 e. The number of carboxylic acids is 1. The number of fused-ring (bicyclic) bond motifs is 1. The maximum Gasteiger partial charge on any atom is 0.337 e. The van der Waals surface area contributed by atoms with Gasteiger partial charge >= 0.3 is 5.97 Å². The van der Waals surface area contributed by atoms with E-state index in [-0.39, 0.29) is 6.10 Å². The van der Waals surface area contributed by atoms with Crippen LogP contribution >= 0.6 is 0 Å². The van der Waals surface area contributed by atoms with Crippen LogP contribution in [0.1, 0.15) is 23.2 Å². The molecule has 1 atom stereocenters. The van der Waals surface area contributed by atoms with Crippen molar-refractivity contribution < 1.29 is 14.6 Å². The van der Waals surface area contributed by atoms with E-state index in [0.29, 0.717) is 23.1 Å². The van der Waals surface area contributed by atoms with Gasteiger partial charge < -0.3 is 14.4 Å². The Labute approximate surface area is 104 Å². The molecule has 1 N–H and O–H groups in total. The molecular formula is C13H14N2O3. The van der Waals surface area contributed by atoms with Crippen LogP contribution in [0.5, 0.6) is 0 Å². The topological polar surface area (TPSA) is 64.3 Å². The summed E-state index contributed by atoms with van der Waals surface area (Å²) in [7, 11) is 0. The van der Waals surface area contributed by atoms with Gasteiger partial charge in [0, 0.05) is 6.61 Å². The van der Waals surface area contributed by atoms with E-state index >= 15 is 0 Å². The van der Waals surface area contributed by atoms with Crippen molar-refractivity contribution >= 4 is 17.0 Å². The Morgan fingerprint density at radius 1 is 1.56 bits per heavy atom. The maximum absolute atomic E-state index is 11.2. The van der Waals surface area contributed by atoms with Gasteiger partial charge in [-0.3, -0.25) is 0 Å². The van der Waals surface area contributed by atoms with Crippen LogP contribution < -0.4 is 0 Å². The van der Waals surface area contributed by atoms with Crippen molar-refractivity contribution in [2.24, 2.45) is 0 Å². The van der Waals surface area contributed by atoms with Crippen LogP contribution in [-0.4, -0.2) is 33.3 Å². The lowest BCUT2D eigenvalue weighted by molar-refractivity contribution is 0.0697. The molecule has 0 saturated carbocycles. The highest BCUT2D eigenvalue weighted by molar-refractivity contribution is 6.01. The van der Waals surface area contributed by atoms with Crippen molar-refractivity contribution in [1.82, 2.24) is 9.55 Å². The molecule has 2 heterocycles. The molecular weight excluding hydrogens is 232 g/mol. The number of carboxylic acid groups (broad SMARTS) is 1. The first-order chi connectivity index (χ1) is 8.75. The summed E-state index contributed by atoms with van der Waals surface area (Å²) < 4.78 is 7.46. The highest BCUT2D eigenvalue weighted by Crippen LogP contribution is 2.21. The zero-order chi connectivity index (χ0) is 12.5. The number of rotatable bonds is 3. The molecule has 0 radical (unpaired) electrons. The zero-order valence-electron chi connectivity index (χ0n) is 9.87. The summed E-state index contributed by atoms with van der Waals surface area (Å²) in [5.41, 5.74) is 1.69. The number of para-hydroxylation sites is 1. The van der Waals surface area contributed by atoms with Crippen LogP contribution in [0, 0.1) is 0 Å². The minimum absolute atomic E-state index is 0.171. The molecule has 2 aromatic rings. The van der Waals surface area contributed by atoms with E-state index in [2.05, 4.69) is 4.98 Å². The third-order valence-corrected chi connectivity index (χ3v) is 3.29. The van der Waals surface area contributed by atoms with E-state index in [0.717, 1.165) is 19.4 Å². The summed E-state index contributed by atoms with van der Waals surface area (Å²) in [4.78, 5) is 15.5. The number of nitrogens with zero attached hydrogens (tertiary/aromatic N) is 2. The van der Waals surface area contributed by atoms with Gasteiger partial charge in [0.05, 0.1) is 35.6 Å². The summed E-state index contributed by atoms with van der Waals surface area (Å²) in [6, 6.07) is 5.15. The van der Waals surface area contributed by atoms with Crippen LogP contribution in [0.2, 0.25) is 0 Å². The molecule has 0 bridgehead atoms. The second-order valence-corrected chi connectivity index (χ2v) is 4.51. The molecule has 0 spiro atoms. The van der Waals surface area contributed by atoms with Crippen molar-refractivity contribution in [2.75, 3.05) is 6.61 Å². The molecule has 1 aromatic carbocycles. The van der Waals surface area contributed by atoms with Crippen molar-refractivity contribution in [3.8, 4) is 0 Å². The van der Waals surface area contributed by atoms with E-state index in [1.807, 2.05) is 10.6 Å². The van der Waals surface area contributed by atoms with Crippen LogP contribution in [0.4, 0.5) is 0 Å². The average molecular weight is 246 g/mol. The van der Waals surface area contributed by atoms with E-state index < -0.39 is 5.97 Å². The first-order valence-electron chi connectivity index (χ1n) is 6.04. The largest absolute Gasteiger partial charge is 0.478 e. The third-order valence-electron chi connectivity index (χ3n) is 3.29. The third kappa shape index (κ3) is 1.86. The molecule has 1 aliphatic rings. The molecule has 0 amide bonds. The Kier molecular flexibility index (Phi) is 2.76. The van der Waals surface area contributed by atoms with E-state index in [1.54, 1.807) is 18.5 Å². The summed E-state index contributed by atoms with van der Waals surface area (Å²) in [5, 5.41) is 9.21. The predicted octanol–water partition coefficient (Wildman–Crippen LogP) is 1.91.